The van der Waals surface area contributed by atoms with Crippen LogP contribution in [0, 0.1) is 0 Å². The molecule has 2 heterocycles. The van der Waals surface area contributed by atoms with Crippen molar-refractivity contribution in [1.82, 2.24) is 4.90 Å². The van der Waals surface area contributed by atoms with E-state index in [1.165, 1.54) is 0 Å². The second kappa shape index (κ2) is 11.2. The molecule has 2 atom stereocenters. The lowest BCUT2D eigenvalue weighted by atomic mass is 9.89. The average Bonchev–Trinajstić information content (AvgIpc) is 2.94. The number of halogens is 1. The second-order valence-corrected chi connectivity index (χ2v) is 10.6. The van der Waals surface area contributed by atoms with E-state index < -0.39 is 0 Å². The van der Waals surface area contributed by atoms with Crippen molar-refractivity contribution >= 4 is 40.5 Å². The van der Waals surface area contributed by atoms with Gasteiger partial charge in [0, 0.05) is 66.8 Å². The first-order chi connectivity index (χ1) is 18.4. The third-order valence-corrected chi connectivity index (χ3v) is 8.09. The fourth-order valence-electron chi connectivity index (χ4n) is 5.79. The Morgan fingerprint density at radius 2 is 1.58 bits per heavy atom. The van der Waals surface area contributed by atoms with Crippen molar-refractivity contribution < 1.29 is 9.59 Å². The number of para-hydroxylation sites is 1. The molecule has 3 aromatic rings. The zero-order chi connectivity index (χ0) is 26.8. The minimum Gasteiger partial charge on any atom is -0.369 e. The lowest BCUT2D eigenvalue weighted by Gasteiger charge is -2.43. The molecule has 0 unspecified atom stereocenters. The van der Waals surface area contributed by atoms with Gasteiger partial charge >= 0.3 is 0 Å². The number of amides is 2. The fourth-order valence-corrected chi connectivity index (χ4v) is 5.92. The van der Waals surface area contributed by atoms with Crippen molar-refractivity contribution in [3.63, 3.8) is 0 Å². The zero-order valence-electron chi connectivity index (χ0n) is 22.3. The Kier molecular flexibility index (Phi) is 7.73. The van der Waals surface area contributed by atoms with Crippen LogP contribution in [-0.2, 0) is 4.79 Å². The molecule has 2 amide bonds. The van der Waals surface area contributed by atoms with Crippen molar-refractivity contribution in [1.29, 1.82) is 0 Å². The highest BCUT2D eigenvalue weighted by Gasteiger charge is 2.38. The van der Waals surface area contributed by atoms with Crippen LogP contribution >= 0.6 is 11.6 Å². The van der Waals surface area contributed by atoms with Gasteiger partial charge in [0.05, 0.1) is 6.04 Å². The molecule has 3 aromatic carbocycles. The standard InChI is InChI=1S/C31H35ClN4O2/c1-4-33-17-19-34(20-18-33)26-13-9-24(10-14-26)31(38)35-22(2)21-30(28-7-5-6-8-29(28)35)36(23(3)37)27-15-11-25(32)12-16-27/h5-16,22,30H,4,17-21H2,1-3H3/t22-,30+/m0/s1. The molecule has 2 aliphatic heterocycles. The van der Waals surface area contributed by atoms with Crippen LogP contribution in [0.15, 0.2) is 72.8 Å². The summed E-state index contributed by atoms with van der Waals surface area (Å²) in [5.74, 6) is -0.0684. The molecule has 198 valence electrons. The van der Waals surface area contributed by atoms with Gasteiger partial charge in [0.15, 0.2) is 0 Å². The molecule has 0 spiro atoms. The quantitative estimate of drug-likeness (QED) is 0.405. The normalized spacial score (nSPS) is 19.7. The number of carbonyl (C=O) groups excluding carboxylic acids is 2. The summed E-state index contributed by atoms with van der Waals surface area (Å²) in [6, 6.07) is 23.0. The van der Waals surface area contributed by atoms with Crippen LogP contribution in [0.3, 0.4) is 0 Å². The third kappa shape index (κ3) is 5.16. The Hall–Kier alpha value is -3.35. The predicted octanol–water partition coefficient (Wildman–Crippen LogP) is 6.02. The first kappa shape index (κ1) is 26.3. The Balaban J connectivity index is 1.41. The first-order valence-corrected chi connectivity index (χ1v) is 13.8. The Labute approximate surface area is 230 Å². The molecular formula is C31H35ClN4O2. The lowest BCUT2D eigenvalue weighted by Crippen LogP contribution is -2.47. The number of likely N-dealkylation sites (N-methyl/N-ethyl adjacent to an activating group) is 1. The molecule has 0 aliphatic carbocycles. The van der Waals surface area contributed by atoms with Crippen LogP contribution in [0.2, 0.25) is 5.02 Å². The summed E-state index contributed by atoms with van der Waals surface area (Å²) in [6.45, 7) is 11.1. The van der Waals surface area contributed by atoms with E-state index in [-0.39, 0.29) is 23.9 Å². The van der Waals surface area contributed by atoms with E-state index in [0.717, 1.165) is 55.3 Å². The van der Waals surface area contributed by atoms with Gasteiger partial charge in [-0.3, -0.25) is 9.59 Å². The molecule has 38 heavy (non-hydrogen) atoms. The summed E-state index contributed by atoms with van der Waals surface area (Å²) in [4.78, 5) is 35.3. The van der Waals surface area contributed by atoms with E-state index in [1.807, 2.05) is 58.3 Å². The number of rotatable bonds is 5. The highest BCUT2D eigenvalue weighted by Crippen LogP contribution is 2.43. The van der Waals surface area contributed by atoms with Crippen LogP contribution in [0.25, 0.3) is 0 Å². The smallest absolute Gasteiger partial charge is 0.258 e. The Bertz CT molecular complexity index is 1290. The van der Waals surface area contributed by atoms with E-state index in [1.54, 1.807) is 19.1 Å². The van der Waals surface area contributed by atoms with Gasteiger partial charge in [-0.1, -0.05) is 36.7 Å². The summed E-state index contributed by atoms with van der Waals surface area (Å²) in [7, 11) is 0. The molecule has 2 aliphatic rings. The number of nitrogens with zero attached hydrogens (tertiary/aromatic N) is 4. The summed E-state index contributed by atoms with van der Waals surface area (Å²) in [5.41, 5.74) is 4.44. The van der Waals surface area contributed by atoms with Gasteiger partial charge in [-0.15, -0.1) is 0 Å². The van der Waals surface area contributed by atoms with Gasteiger partial charge < -0.3 is 19.6 Å². The third-order valence-electron chi connectivity index (χ3n) is 7.83. The van der Waals surface area contributed by atoms with E-state index in [0.29, 0.717) is 17.0 Å². The van der Waals surface area contributed by atoms with Crippen molar-refractivity contribution in [2.45, 2.75) is 39.3 Å². The van der Waals surface area contributed by atoms with Gasteiger partial charge in [0.2, 0.25) is 5.91 Å². The van der Waals surface area contributed by atoms with Crippen molar-refractivity contribution in [3.8, 4) is 0 Å². The SMILES string of the molecule is CCN1CCN(c2ccc(C(=O)N3c4ccccc4[C@H](N(C(C)=O)c4ccc(Cl)cc4)C[C@@H]3C)cc2)CC1. The molecule has 0 saturated carbocycles. The monoisotopic (exact) mass is 530 g/mol. The van der Waals surface area contributed by atoms with Gasteiger partial charge in [0.1, 0.15) is 0 Å². The number of anilines is 3. The van der Waals surface area contributed by atoms with E-state index in [9.17, 15) is 9.59 Å². The summed E-state index contributed by atoms with van der Waals surface area (Å²) < 4.78 is 0. The highest BCUT2D eigenvalue weighted by atomic mass is 35.5. The van der Waals surface area contributed by atoms with E-state index >= 15 is 0 Å². The minimum absolute atomic E-state index is 0.0216. The number of hydrogen-bond acceptors (Lipinski definition) is 4. The predicted molar refractivity (Wildman–Crippen MR) is 155 cm³/mol. The number of benzene rings is 3. The average molecular weight is 531 g/mol. The molecular weight excluding hydrogens is 496 g/mol. The molecule has 0 N–H and O–H groups in total. The number of piperazine rings is 1. The maximum atomic E-state index is 13.9. The van der Waals surface area contributed by atoms with E-state index in [2.05, 4.69) is 35.8 Å². The fraction of sp³-hybridized carbons (Fsp3) is 0.355. The van der Waals surface area contributed by atoms with E-state index in [4.69, 9.17) is 11.6 Å². The molecule has 7 heteroatoms. The number of fused-ring (bicyclic) bond motifs is 1. The maximum Gasteiger partial charge on any atom is 0.258 e. The highest BCUT2D eigenvalue weighted by molar-refractivity contribution is 6.30. The number of hydrogen-bond donors (Lipinski definition) is 0. The molecule has 5 rings (SSSR count). The van der Waals surface area contributed by atoms with Crippen LogP contribution in [-0.4, -0.2) is 55.5 Å². The van der Waals surface area contributed by atoms with Crippen molar-refractivity contribution in [2.75, 3.05) is 47.4 Å². The van der Waals surface area contributed by atoms with Crippen molar-refractivity contribution in [2.24, 2.45) is 0 Å². The molecule has 0 radical (unpaired) electrons. The number of carbonyl (C=O) groups is 2. The molecule has 6 nitrogen and oxygen atoms in total. The topological polar surface area (TPSA) is 47.1 Å². The zero-order valence-corrected chi connectivity index (χ0v) is 23.1. The molecule has 0 aromatic heterocycles. The van der Waals surface area contributed by atoms with Crippen molar-refractivity contribution in [3.05, 3.63) is 88.9 Å². The van der Waals surface area contributed by atoms with Gasteiger partial charge in [-0.05, 0) is 80.1 Å². The largest absolute Gasteiger partial charge is 0.369 e. The summed E-state index contributed by atoms with van der Waals surface area (Å²) in [5, 5.41) is 0.626. The molecule has 1 fully saturated rings. The van der Waals surface area contributed by atoms with Crippen LogP contribution in [0.4, 0.5) is 17.1 Å². The summed E-state index contributed by atoms with van der Waals surface area (Å²) in [6.07, 6.45) is 0.630. The Morgan fingerprint density at radius 3 is 2.21 bits per heavy atom. The summed E-state index contributed by atoms with van der Waals surface area (Å²) >= 11 is 6.11. The maximum absolute atomic E-state index is 13.9. The minimum atomic E-state index is -0.187. The lowest BCUT2D eigenvalue weighted by molar-refractivity contribution is -0.117. The second-order valence-electron chi connectivity index (χ2n) is 10.2. The van der Waals surface area contributed by atoms with Gasteiger partial charge in [-0.2, -0.15) is 0 Å². The van der Waals surface area contributed by atoms with Crippen LogP contribution in [0.1, 0.15) is 49.2 Å². The van der Waals surface area contributed by atoms with Gasteiger partial charge in [-0.25, -0.2) is 0 Å². The van der Waals surface area contributed by atoms with Gasteiger partial charge in [0.25, 0.3) is 5.91 Å². The first-order valence-electron chi connectivity index (χ1n) is 13.4. The molecule has 0 bridgehead atoms. The van der Waals surface area contributed by atoms with Crippen LogP contribution in [0.5, 0.6) is 0 Å². The Morgan fingerprint density at radius 1 is 0.921 bits per heavy atom. The van der Waals surface area contributed by atoms with Crippen LogP contribution < -0.4 is 14.7 Å². The molecule has 1 saturated heterocycles.